The second-order valence-electron chi connectivity index (χ2n) is 12.4. The summed E-state index contributed by atoms with van der Waals surface area (Å²) in [6, 6.07) is 14.5. The van der Waals surface area contributed by atoms with Gasteiger partial charge in [0.1, 0.15) is 6.61 Å². The van der Waals surface area contributed by atoms with Crippen molar-refractivity contribution in [3.63, 3.8) is 0 Å². The molecule has 7 heteroatoms. The van der Waals surface area contributed by atoms with Gasteiger partial charge in [-0.15, -0.1) is 0 Å². The molecule has 0 bridgehead atoms. The van der Waals surface area contributed by atoms with Crippen LogP contribution in [0, 0.1) is 25.1 Å². The van der Waals surface area contributed by atoms with Crippen LogP contribution in [0.2, 0.25) is 0 Å². The Morgan fingerprint density at radius 2 is 1.73 bits per heavy atom. The van der Waals surface area contributed by atoms with E-state index in [-0.39, 0.29) is 17.8 Å². The number of aliphatic carboxylic acids is 1. The fraction of sp³-hybridized carbons (Fsp3) is 0.455. The minimum atomic E-state index is -1.23. The molecule has 1 aliphatic heterocycles. The predicted octanol–water partition coefficient (Wildman–Crippen LogP) is 7.65. The third-order valence-electron chi connectivity index (χ3n) is 7.43. The molecule has 0 amide bonds. The smallest absolute Gasteiger partial charge is 0.337 e. The van der Waals surface area contributed by atoms with E-state index in [2.05, 4.69) is 18.7 Å². The summed E-state index contributed by atoms with van der Waals surface area (Å²) in [4.78, 5) is 19.6. The minimum Gasteiger partial charge on any atom is -0.486 e. The van der Waals surface area contributed by atoms with Crippen molar-refractivity contribution in [3.05, 3.63) is 76.9 Å². The van der Waals surface area contributed by atoms with E-state index in [0.29, 0.717) is 22.5 Å². The third-order valence-corrected chi connectivity index (χ3v) is 7.43. The standard InChI is InChI=1S/C33H41FN2O4/c1-21-27(24-13-14-26(25(34)19-24)39-20-23-11-9-8-10-12-23)29(36-17-15-33(6,7)16-18-36)28(22(2)35-21)30(31(37)38)40-32(3,4)5/h8-14,19,30H,15-18,20H2,1-7H3,(H,37,38). The van der Waals surface area contributed by atoms with Crippen molar-refractivity contribution in [2.24, 2.45) is 5.41 Å². The lowest BCUT2D eigenvalue weighted by molar-refractivity contribution is -0.160. The summed E-state index contributed by atoms with van der Waals surface area (Å²) in [6.07, 6.45) is 0.672. The molecule has 40 heavy (non-hydrogen) atoms. The molecule has 6 nitrogen and oxygen atoms in total. The van der Waals surface area contributed by atoms with Gasteiger partial charge in [-0.2, -0.15) is 0 Å². The first-order valence-electron chi connectivity index (χ1n) is 13.9. The van der Waals surface area contributed by atoms with E-state index in [1.807, 2.05) is 71.0 Å². The molecule has 214 valence electrons. The number of hydrogen-bond acceptors (Lipinski definition) is 5. The molecule has 0 spiro atoms. The van der Waals surface area contributed by atoms with Crippen LogP contribution in [0.25, 0.3) is 11.1 Å². The summed E-state index contributed by atoms with van der Waals surface area (Å²) in [6.45, 7) is 15.5. The Hall–Kier alpha value is -3.45. The van der Waals surface area contributed by atoms with E-state index in [9.17, 15) is 9.90 Å². The average Bonchev–Trinajstić information content (AvgIpc) is 2.86. The van der Waals surface area contributed by atoms with Gasteiger partial charge in [0.25, 0.3) is 0 Å². The number of anilines is 1. The first-order chi connectivity index (χ1) is 18.8. The molecule has 4 rings (SSSR count). The van der Waals surface area contributed by atoms with E-state index in [1.165, 1.54) is 6.07 Å². The van der Waals surface area contributed by atoms with Gasteiger partial charge >= 0.3 is 5.97 Å². The molecule has 1 aromatic heterocycles. The maximum Gasteiger partial charge on any atom is 0.337 e. The number of carboxylic acid groups (broad SMARTS) is 1. The number of pyridine rings is 1. The number of halogens is 1. The zero-order valence-electron chi connectivity index (χ0n) is 24.7. The first kappa shape index (κ1) is 29.5. The number of rotatable bonds is 8. The maximum atomic E-state index is 15.5. The van der Waals surface area contributed by atoms with Crippen molar-refractivity contribution in [2.45, 2.75) is 79.6 Å². The van der Waals surface area contributed by atoms with Crippen LogP contribution in [0.4, 0.5) is 10.1 Å². The lowest BCUT2D eigenvalue weighted by Crippen LogP contribution is -2.39. The SMILES string of the molecule is Cc1nc(C)c(C(OC(C)(C)C)C(=O)O)c(N2CCC(C)(C)CC2)c1-c1ccc(OCc2ccccc2)c(F)c1. The van der Waals surface area contributed by atoms with Crippen molar-refractivity contribution >= 4 is 11.7 Å². The van der Waals surface area contributed by atoms with E-state index >= 15 is 4.39 Å². The van der Waals surface area contributed by atoms with Gasteiger partial charge in [0.2, 0.25) is 0 Å². The highest BCUT2D eigenvalue weighted by molar-refractivity contribution is 5.88. The van der Waals surface area contributed by atoms with Gasteiger partial charge in [-0.25, -0.2) is 9.18 Å². The van der Waals surface area contributed by atoms with Gasteiger partial charge in [-0.3, -0.25) is 4.98 Å². The average molecular weight is 549 g/mol. The number of benzene rings is 2. The molecular weight excluding hydrogens is 507 g/mol. The predicted molar refractivity (Wildman–Crippen MR) is 156 cm³/mol. The summed E-state index contributed by atoms with van der Waals surface area (Å²) < 4.78 is 27.4. The lowest BCUT2D eigenvalue weighted by atomic mass is 9.82. The highest BCUT2D eigenvalue weighted by atomic mass is 19.1. The Bertz CT molecular complexity index is 1360. The highest BCUT2D eigenvalue weighted by Gasteiger charge is 2.36. The van der Waals surface area contributed by atoms with Crippen LogP contribution in [0.1, 0.15) is 76.1 Å². The second kappa shape index (κ2) is 11.6. The van der Waals surface area contributed by atoms with Crippen LogP contribution < -0.4 is 9.64 Å². The first-order valence-corrected chi connectivity index (χ1v) is 13.9. The number of piperidine rings is 1. The Morgan fingerprint density at radius 1 is 1.07 bits per heavy atom. The molecule has 3 aromatic rings. The number of aryl methyl sites for hydroxylation is 2. The monoisotopic (exact) mass is 548 g/mol. The highest BCUT2D eigenvalue weighted by Crippen LogP contribution is 2.45. The second-order valence-corrected chi connectivity index (χ2v) is 12.4. The van der Waals surface area contributed by atoms with Gasteiger partial charge in [0, 0.05) is 35.6 Å². The Morgan fingerprint density at radius 3 is 2.30 bits per heavy atom. The number of carboxylic acids is 1. The van der Waals surface area contributed by atoms with Crippen molar-refractivity contribution in [1.29, 1.82) is 0 Å². The van der Waals surface area contributed by atoms with E-state index in [0.717, 1.165) is 42.7 Å². The minimum absolute atomic E-state index is 0.159. The number of hydrogen-bond donors (Lipinski definition) is 1. The largest absolute Gasteiger partial charge is 0.486 e. The molecule has 0 radical (unpaired) electrons. The van der Waals surface area contributed by atoms with Gasteiger partial charge < -0.3 is 19.5 Å². The summed E-state index contributed by atoms with van der Waals surface area (Å²) in [5.41, 5.74) is 4.36. The zero-order valence-corrected chi connectivity index (χ0v) is 24.7. The lowest BCUT2D eigenvalue weighted by Gasteiger charge is -2.41. The fourth-order valence-corrected chi connectivity index (χ4v) is 5.26. The van der Waals surface area contributed by atoms with Gasteiger partial charge in [0.05, 0.1) is 11.3 Å². The molecule has 1 aliphatic rings. The normalized spacial score (nSPS) is 16.1. The van der Waals surface area contributed by atoms with Crippen molar-refractivity contribution in [2.75, 3.05) is 18.0 Å². The summed E-state index contributed by atoms with van der Waals surface area (Å²) in [5.74, 6) is -1.41. The van der Waals surface area contributed by atoms with Crippen molar-refractivity contribution in [3.8, 4) is 16.9 Å². The van der Waals surface area contributed by atoms with E-state index < -0.39 is 23.5 Å². The quantitative estimate of drug-likeness (QED) is 0.312. The molecular formula is C33H41FN2O4. The van der Waals surface area contributed by atoms with E-state index in [1.54, 1.807) is 6.07 Å². The number of nitrogens with zero attached hydrogens (tertiary/aromatic N) is 2. The molecule has 2 aromatic carbocycles. The van der Waals surface area contributed by atoms with Crippen molar-refractivity contribution in [1.82, 2.24) is 4.98 Å². The topological polar surface area (TPSA) is 71.9 Å². The molecule has 0 aliphatic carbocycles. The van der Waals surface area contributed by atoms with Crippen molar-refractivity contribution < 1.29 is 23.8 Å². The molecule has 2 heterocycles. The Balaban J connectivity index is 1.84. The van der Waals surface area contributed by atoms with E-state index in [4.69, 9.17) is 14.5 Å². The number of carbonyl (C=O) groups is 1. The van der Waals surface area contributed by atoms with Crippen LogP contribution >= 0.6 is 0 Å². The Labute approximate surface area is 237 Å². The molecule has 1 atom stereocenters. The third kappa shape index (κ3) is 6.81. The van der Waals surface area contributed by atoms with Crippen LogP contribution in [0.3, 0.4) is 0 Å². The molecule has 1 unspecified atom stereocenters. The number of aromatic nitrogens is 1. The molecule has 0 saturated carbocycles. The summed E-state index contributed by atoms with van der Waals surface area (Å²) >= 11 is 0. The van der Waals surface area contributed by atoms with Crippen LogP contribution in [0.15, 0.2) is 48.5 Å². The Kier molecular flexibility index (Phi) is 8.55. The zero-order chi connectivity index (χ0) is 29.2. The molecule has 1 fully saturated rings. The maximum absolute atomic E-state index is 15.5. The van der Waals surface area contributed by atoms with Crippen LogP contribution in [-0.2, 0) is 16.1 Å². The van der Waals surface area contributed by atoms with Gasteiger partial charge in [-0.05, 0) is 76.1 Å². The van der Waals surface area contributed by atoms with Gasteiger partial charge in [-0.1, -0.05) is 50.2 Å². The molecule has 1 N–H and O–H groups in total. The summed E-state index contributed by atoms with van der Waals surface area (Å²) in [7, 11) is 0. The fourth-order valence-electron chi connectivity index (χ4n) is 5.26. The van der Waals surface area contributed by atoms with Crippen LogP contribution in [-0.4, -0.2) is 34.8 Å². The molecule has 1 saturated heterocycles. The van der Waals surface area contributed by atoms with Crippen LogP contribution in [0.5, 0.6) is 5.75 Å². The number of ether oxygens (including phenoxy) is 2. The summed E-state index contributed by atoms with van der Waals surface area (Å²) in [5, 5.41) is 10.3. The van der Waals surface area contributed by atoms with Gasteiger partial charge in [0.15, 0.2) is 17.7 Å².